The Morgan fingerprint density at radius 2 is 1.94 bits per heavy atom. The van der Waals surface area contributed by atoms with Crippen molar-refractivity contribution >= 4 is 5.97 Å². The Kier molecular flexibility index (Phi) is 4.01. The summed E-state index contributed by atoms with van der Waals surface area (Å²) in [7, 11) is 0. The molecule has 1 aliphatic heterocycles. The maximum absolute atomic E-state index is 10.8. The van der Waals surface area contributed by atoms with E-state index in [0.29, 0.717) is 5.92 Å². The summed E-state index contributed by atoms with van der Waals surface area (Å²) < 4.78 is 0. The molecule has 17 heavy (non-hydrogen) atoms. The fraction of sp³-hybridized carbons (Fsp3) is 0.917. The first kappa shape index (κ1) is 12.8. The number of aliphatic hydroxyl groups excluding tert-OH is 1. The number of carbonyl (C=O) groups is 1. The van der Waals surface area contributed by atoms with E-state index in [0.717, 1.165) is 45.3 Å². The molecule has 0 bridgehead atoms. The van der Waals surface area contributed by atoms with Crippen molar-refractivity contribution < 1.29 is 15.0 Å². The molecule has 1 aliphatic carbocycles. The molecule has 98 valence electrons. The van der Waals surface area contributed by atoms with Crippen LogP contribution in [0.4, 0.5) is 0 Å². The normalized spacial score (nSPS) is 31.8. The Morgan fingerprint density at radius 1 is 1.29 bits per heavy atom. The number of rotatable bonds is 5. The third-order valence-electron chi connectivity index (χ3n) is 4.00. The molecular weight excluding hydrogens is 220 g/mol. The van der Waals surface area contributed by atoms with Gasteiger partial charge in [0.15, 0.2) is 0 Å². The number of aliphatic carboxylic acids is 1. The molecular formula is C12H22N2O3. The van der Waals surface area contributed by atoms with Crippen LogP contribution in [0, 0.1) is 5.92 Å². The third kappa shape index (κ3) is 3.40. The molecule has 4 N–H and O–H groups in total. The van der Waals surface area contributed by atoms with Gasteiger partial charge in [0.1, 0.15) is 0 Å². The number of nitrogens with one attached hydrogen (secondary N) is 2. The summed E-state index contributed by atoms with van der Waals surface area (Å²) in [5, 5.41) is 24.9. The van der Waals surface area contributed by atoms with Gasteiger partial charge in [0.05, 0.1) is 18.1 Å². The summed E-state index contributed by atoms with van der Waals surface area (Å²) >= 11 is 0. The Bertz CT molecular complexity index is 271. The van der Waals surface area contributed by atoms with Crippen LogP contribution in [0.15, 0.2) is 0 Å². The lowest BCUT2D eigenvalue weighted by molar-refractivity contribution is -0.139. The van der Waals surface area contributed by atoms with E-state index in [1.807, 2.05) is 0 Å². The molecule has 0 aromatic heterocycles. The van der Waals surface area contributed by atoms with Crippen LogP contribution < -0.4 is 10.6 Å². The highest BCUT2D eigenvalue weighted by atomic mass is 16.4. The second-order valence-electron chi connectivity index (χ2n) is 5.51. The lowest BCUT2D eigenvalue weighted by Gasteiger charge is -2.43. The number of carboxylic acid groups (broad SMARTS) is 1. The second-order valence-corrected chi connectivity index (χ2v) is 5.51. The minimum absolute atomic E-state index is 0.121. The number of aliphatic hydroxyl groups is 1. The van der Waals surface area contributed by atoms with Crippen LogP contribution in [0.3, 0.4) is 0 Å². The van der Waals surface area contributed by atoms with Gasteiger partial charge in [-0.2, -0.15) is 0 Å². The molecule has 0 unspecified atom stereocenters. The van der Waals surface area contributed by atoms with Gasteiger partial charge >= 0.3 is 5.97 Å². The Labute approximate surface area is 102 Å². The largest absolute Gasteiger partial charge is 0.481 e. The summed E-state index contributed by atoms with van der Waals surface area (Å²) in [6.45, 7) is 2.37. The van der Waals surface area contributed by atoms with Crippen LogP contribution in [-0.2, 0) is 4.79 Å². The number of hydrogen-bond acceptors (Lipinski definition) is 4. The zero-order valence-corrected chi connectivity index (χ0v) is 10.1. The van der Waals surface area contributed by atoms with Gasteiger partial charge in [-0.3, -0.25) is 4.79 Å². The van der Waals surface area contributed by atoms with E-state index in [4.69, 9.17) is 5.11 Å². The van der Waals surface area contributed by atoms with Crippen molar-refractivity contribution in [2.75, 3.05) is 19.6 Å². The van der Waals surface area contributed by atoms with E-state index in [1.165, 1.54) is 0 Å². The number of hydrogen-bond donors (Lipinski definition) is 4. The summed E-state index contributed by atoms with van der Waals surface area (Å²) in [6, 6.07) is 0. The molecule has 2 fully saturated rings. The molecule has 0 amide bonds. The molecule has 0 aromatic rings. The standard InChI is InChI=1S/C12H22N2O3/c15-10-3-1-9(2-4-10)6-14-12(5-11(16)17)7-13-8-12/h9-10,13-15H,1-8H2,(H,16,17). The van der Waals surface area contributed by atoms with E-state index in [1.54, 1.807) is 0 Å². The minimum Gasteiger partial charge on any atom is -0.481 e. The molecule has 5 heteroatoms. The van der Waals surface area contributed by atoms with Crippen molar-refractivity contribution in [3.8, 4) is 0 Å². The van der Waals surface area contributed by atoms with Crippen LogP contribution in [0.25, 0.3) is 0 Å². The van der Waals surface area contributed by atoms with Gasteiger partial charge in [0, 0.05) is 13.1 Å². The molecule has 2 rings (SSSR count). The molecule has 1 heterocycles. The summed E-state index contributed by atoms with van der Waals surface area (Å²) in [6.07, 6.45) is 3.93. The van der Waals surface area contributed by atoms with Gasteiger partial charge in [-0.25, -0.2) is 0 Å². The van der Waals surface area contributed by atoms with Gasteiger partial charge in [-0.05, 0) is 38.1 Å². The van der Waals surface area contributed by atoms with Gasteiger partial charge in [0.25, 0.3) is 0 Å². The summed E-state index contributed by atoms with van der Waals surface area (Å²) in [4.78, 5) is 10.8. The maximum atomic E-state index is 10.8. The van der Waals surface area contributed by atoms with E-state index < -0.39 is 5.97 Å². The lowest BCUT2D eigenvalue weighted by atomic mass is 9.84. The zero-order chi connectivity index (χ0) is 12.3. The first-order valence-corrected chi connectivity index (χ1v) is 6.45. The molecule has 1 saturated heterocycles. The smallest absolute Gasteiger partial charge is 0.305 e. The van der Waals surface area contributed by atoms with Crippen LogP contribution in [0.1, 0.15) is 32.1 Å². The second kappa shape index (κ2) is 5.33. The first-order valence-electron chi connectivity index (χ1n) is 6.45. The van der Waals surface area contributed by atoms with Crippen molar-refractivity contribution in [1.29, 1.82) is 0 Å². The fourth-order valence-electron chi connectivity index (χ4n) is 2.74. The van der Waals surface area contributed by atoms with Crippen LogP contribution in [-0.4, -0.2) is 47.5 Å². The van der Waals surface area contributed by atoms with Crippen molar-refractivity contribution in [2.24, 2.45) is 5.92 Å². The quantitative estimate of drug-likeness (QED) is 0.543. The maximum Gasteiger partial charge on any atom is 0.305 e. The highest BCUT2D eigenvalue weighted by molar-refractivity contribution is 5.68. The molecule has 0 aromatic carbocycles. The van der Waals surface area contributed by atoms with Crippen molar-refractivity contribution in [3.05, 3.63) is 0 Å². The Morgan fingerprint density at radius 3 is 2.41 bits per heavy atom. The fourth-order valence-corrected chi connectivity index (χ4v) is 2.74. The average molecular weight is 242 g/mol. The molecule has 0 atom stereocenters. The minimum atomic E-state index is -0.738. The Balaban J connectivity index is 1.74. The average Bonchev–Trinajstić information content (AvgIpc) is 2.23. The highest BCUT2D eigenvalue weighted by Crippen LogP contribution is 2.25. The van der Waals surface area contributed by atoms with Gasteiger partial charge < -0.3 is 20.8 Å². The predicted octanol–water partition coefficient (Wildman–Crippen LogP) is -0.0562. The molecule has 0 radical (unpaired) electrons. The van der Waals surface area contributed by atoms with Gasteiger partial charge in [0.2, 0.25) is 0 Å². The van der Waals surface area contributed by atoms with Crippen molar-refractivity contribution in [3.63, 3.8) is 0 Å². The monoisotopic (exact) mass is 242 g/mol. The molecule has 1 saturated carbocycles. The third-order valence-corrected chi connectivity index (χ3v) is 4.00. The van der Waals surface area contributed by atoms with E-state index in [9.17, 15) is 9.90 Å². The van der Waals surface area contributed by atoms with Gasteiger partial charge in [-0.15, -0.1) is 0 Å². The molecule has 0 spiro atoms. The molecule has 2 aliphatic rings. The van der Waals surface area contributed by atoms with E-state index in [-0.39, 0.29) is 18.1 Å². The van der Waals surface area contributed by atoms with E-state index >= 15 is 0 Å². The topological polar surface area (TPSA) is 81.6 Å². The van der Waals surface area contributed by atoms with Crippen LogP contribution >= 0.6 is 0 Å². The summed E-state index contributed by atoms with van der Waals surface area (Å²) in [5.74, 6) is -0.150. The van der Waals surface area contributed by atoms with Crippen LogP contribution in [0.2, 0.25) is 0 Å². The molecule has 5 nitrogen and oxygen atoms in total. The summed E-state index contributed by atoms with van der Waals surface area (Å²) in [5.41, 5.74) is -0.234. The van der Waals surface area contributed by atoms with E-state index in [2.05, 4.69) is 10.6 Å². The highest BCUT2D eigenvalue weighted by Gasteiger charge is 2.39. The van der Waals surface area contributed by atoms with Crippen LogP contribution in [0.5, 0.6) is 0 Å². The zero-order valence-electron chi connectivity index (χ0n) is 10.1. The Hall–Kier alpha value is -0.650. The predicted molar refractivity (Wildman–Crippen MR) is 63.8 cm³/mol. The van der Waals surface area contributed by atoms with Gasteiger partial charge in [-0.1, -0.05) is 0 Å². The SMILES string of the molecule is O=C(O)CC1(NCC2CCC(O)CC2)CNC1. The lowest BCUT2D eigenvalue weighted by Crippen LogP contribution is -2.69. The first-order chi connectivity index (χ1) is 8.10. The van der Waals surface area contributed by atoms with Crippen molar-refractivity contribution in [2.45, 2.75) is 43.7 Å². The van der Waals surface area contributed by atoms with Crippen molar-refractivity contribution in [1.82, 2.24) is 10.6 Å². The number of carboxylic acids is 1.